The van der Waals surface area contributed by atoms with Gasteiger partial charge in [0.2, 0.25) is 0 Å². The van der Waals surface area contributed by atoms with E-state index in [4.69, 9.17) is 0 Å². The average Bonchev–Trinajstić information content (AvgIpc) is 2.42. The first kappa shape index (κ1) is 12.5. The number of unbranched alkanes of at least 4 members (excludes halogenated alkanes) is 1. The zero-order valence-electron chi connectivity index (χ0n) is 10.7. The number of benzene rings is 1. The van der Waals surface area contributed by atoms with Crippen LogP contribution in [0.5, 0.6) is 0 Å². The number of para-hydroxylation sites is 1. The fourth-order valence-electron chi connectivity index (χ4n) is 1.65. The van der Waals surface area contributed by atoms with Crippen LogP contribution >= 0.6 is 0 Å². The Labute approximate surface area is 108 Å². The van der Waals surface area contributed by atoms with E-state index in [0.29, 0.717) is 0 Å². The normalized spacial score (nSPS) is 13.8. The first-order valence-corrected chi connectivity index (χ1v) is 6.43. The zero-order chi connectivity index (χ0) is 12.6. The Balaban J connectivity index is 2.01. The Morgan fingerprint density at radius 2 is 1.56 bits per heavy atom. The molecule has 1 aromatic carbocycles. The molecule has 0 bridgehead atoms. The van der Waals surface area contributed by atoms with Crippen LogP contribution in [0.3, 0.4) is 0 Å². The van der Waals surface area contributed by atoms with E-state index in [1.807, 2.05) is 54.6 Å². The van der Waals surface area contributed by atoms with Gasteiger partial charge in [-0.1, -0.05) is 31.5 Å². The minimum atomic E-state index is 0.908. The number of nitrogens with zero attached hydrogens (tertiary/aromatic N) is 2. The molecule has 0 heterocycles. The molecule has 0 aliphatic heterocycles. The molecule has 0 spiro atoms. The third-order valence-corrected chi connectivity index (χ3v) is 2.67. The van der Waals surface area contributed by atoms with Crippen molar-refractivity contribution in [1.29, 1.82) is 0 Å². The standard InChI is InChI=1S/C16H18N2/c1-2-3-13-17-14-9-11-16(12-10-14)18-15-7-5-4-6-8-15/h4-12H,2-3,13H2,1H3. The van der Waals surface area contributed by atoms with Crippen LogP contribution in [-0.4, -0.2) is 18.0 Å². The third-order valence-electron chi connectivity index (χ3n) is 2.67. The fourth-order valence-corrected chi connectivity index (χ4v) is 1.65. The van der Waals surface area contributed by atoms with Crippen LogP contribution in [0.2, 0.25) is 0 Å². The molecule has 92 valence electrons. The Morgan fingerprint density at radius 1 is 0.889 bits per heavy atom. The molecule has 2 heteroatoms. The van der Waals surface area contributed by atoms with Crippen LogP contribution in [-0.2, 0) is 0 Å². The first-order valence-electron chi connectivity index (χ1n) is 6.43. The highest BCUT2D eigenvalue weighted by Gasteiger charge is 1.98. The van der Waals surface area contributed by atoms with Crippen molar-refractivity contribution < 1.29 is 0 Å². The highest BCUT2D eigenvalue weighted by molar-refractivity contribution is 6.18. The van der Waals surface area contributed by atoms with E-state index < -0.39 is 0 Å². The monoisotopic (exact) mass is 238 g/mol. The van der Waals surface area contributed by atoms with Gasteiger partial charge in [0.25, 0.3) is 0 Å². The molecule has 0 aromatic heterocycles. The zero-order valence-corrected chi connectivity index (χ0v) is 10.7. The molecule has 1 aliphatic carbocycles. The van der Waals surface area contributed by atoms with Crippen LogP contribution < -0.4 is 0 Å². The summed E-state index contributed by atoms with van der Waals surface area (Å²) in [6.07, 6.45) is 10.4. The SMILES string of the molecule is CCCCN=C1C=CC(=Nc2ccccc2)C=C1. The molecular weight excluding hydrogens is 220 g/mol. The summed E-state index contributed by atoms with van der Waals surface area (Å²) < 4.78 is 0. The predicted octanol–water partition coefficient (Wildman–Crippen LogP) is 4.13. The van der Waals surface area contributed by atoms with Crippen molar-refractivity contribution in [2.45, 2.75) is 19.8 Å². The molecule has 1 aliphatic rings. The lowest BCUT2D eigenvalue weighted by molar-refractivity contribution is 0.809. The summed E-state index contributed by atoms with van der Waals surface area (Å²) in [5.41, 5.74) is 2.99. The second-order valence-electron chi connectivity index (χ2n) is 4.20. The summed E-state index contributed by atoms with van der Waals surface area (Å²) >= 11 is 0. The second-order valence-corrected chi connectivity index (χ2v) is 4.20. The van der Waals surface area contributed by atoms with E-state index in [1.165, 1.54) is 6.42 Å². The molecule has 1 aromatic rings. The quantitative estimate of drug-likeness (QED) is 0.556. The lowest BCUT2D eigenvalue weighted by Crippen LogP contribution is -2.00. The molecular formula is C16H18N2. The van der Waals surface area contributed by atoms with Gasteiger partial charge in [0.15, 0.2) is 0 Å². The van der Waals surface area contributed by atoms with E-state index in [-0.39, 0.29) is 0 Å². The maximum atomic E-state index is 4.54. The Bertz CT molecular complexity index is 475. The van der Waals surface area contributed by atoms with Crippen molar-refractivity contribution in [1.82, 2.24) is 0 Å². The topological polar surface area (TPSA) is 24.7 Å². The molecule has 0 saturated heterocycles. The summed E-state index contributed by atoms with van der Waals surface area (Å²) in [6.45, 7) is 3.09. The van der Waals surface area contributed by atoms with Gasteiger partial charge in [-0.05, 0) is 42.9 Å². The van der Waals surface area contributed by atoms with Crippen LogP contribution in [0.1, 0.15) is 19.8 Å². The molecule has 0 saturated carbocycles. The van der Waals surface area contributed by atoms with E-state index in [9.17, 15) is 0 Å². The lowest BCUT2D eigenvalue weighted by Gasteiger charge is -2.02. The largest absolute Gasteiger partial charge is 0.285 e. The Kier molecular flexibility index (Phi) is 4.65. The molecule has 2 nitrogen and oxygen atoms in total. The minimum absolute atomic E-state index is 0.908. The number of hydrogen-bond acceptors (Lipinski definition) is 2. The van der Waals surface area contributed by atoms with Crippen molar-refractivity contribution in [2.75, 3.05) is 6.54 Å². The number of allylic oxidation sites excluding steroid dienone is 4. The third kappa shape index (κ3) is 3.81. The van der Waals surface area contributed by atoms with E-state index in [1.54, 1.807) is 0 Å². The van der Waals surface area contributed by atoms with Gasteiger partial charge in [-0.2, -0.15) is 0 Å². The van der Waals surface area contributed by atoms with Gasteiger partial charge < -0.3 is 0 Å². The van der Waals surface area contributed by atoms with E-state index in [0.717, 1.165) is 30.1 Å². The van der Waals surface area contributed by atoms with Crippen LogP contribution in [0.15, 0.2) is 64.6 Å². The van der Waals surface area contributed by atoms with Crippen molar-refractivity contribution in [3.05, 3.63) is 54.6 Å². The summed E-state index contributed by atoms with van der Waals surface area (Å²) in [4.78, 5) is 9.04. The van der Waals surface area contributed by atoms with Crippen molar-refractivity contribution >= 4 is 17.1 Å². The van der Waals surface area contributed by atoms with E-state index in [2.05, 4.69) is 16.9 Å². The molecule has 0 N–H and O–H groups in total. The van der Waals surface area contributed by atoms with Crippen LogP contribution in [0.4, 0.5) is 5.69 Å². The maximum absolute atomic E-state index is 4.54. The summed E-state index contributed by atoms with van der Waals surface area (Å²) in [5, 5.41) is 0. The number of hydrogen-bond donors (Lipinski definition) is 0. The van der Waals surface area contributed by atoms with Gasteiger partial charge >= 0.3 is 0 Å². The van der Waals surface area contributed by atoms with Gasteiger partial charge in [-0.15, -0.1) is 0 Å². The van der Waals surface area contributed by atoms with Gasteiger partial charge in [-0.3, -0.25) is 4.99 Å². The molecule has 18 heavy (non-hydrogen) atoms. The smallest absolute Gasteiger partial charge is 0.0638 e. The highest BCUT2D eigenvalue weighted by Crippen LogP contribution is 2.12. The molecule has 0 fully saturated rings. The summed E-state index contributed by atoms with van der Waals surface area (Å²) in [5.74, 6) is 0. The fraction of sp³-hybridized carbons (Fsp3) is 0.250. The Morgan fingerprint density at radius 3 is 2.22 bits per heavy atom. The second kappa shape index (κ2) is 6.70. The average molecular weight is 238 g/mol. The summed E-state index contributed by atoms with van der Waals surface area (Å²) in [7, 11) is 0. The minimum Gasteiger partial charge on any atom is -0.285 e. The number of rotatable bonds is 4. The number of aliphatic imine (C=N–C) groups is 2. The van der Waals surface area contributed by atoms with E-state index >= 15 is 0 Å². The summed E-state index contributed by atoms with van der Waals surface area (Å²) in [6, 6.07) is 9.98. The molecule has 0 atom stereocenters. The van der Waals surface area contributed by atoms with Crippen molar-refractivity contribution in [3.8, 4) is 0 Å². The van der Waals surface area contributed by atoms with Crippen molar-refractivity contribution in [3.63, 3.8) is 0 Å². The maximum Gasteiger partial charge on any atom is 0.0638 e. The van der Waals surface area contributed by atoms with Gasteiger partial charge in [0.05, 0.1) is 17.1 Å². The molecule has 0 unspecified atom stereocenters. The van der Waals surface area contributed by atoms with Crippen LogP contribution in [0, 0.1) is 0 Å². The molecule has 0 radical (unpaired) electrons. The molecule has 0 amide bonds. The highest BCUT2D eigenvalue weighted by atomic mass is 14.7. The van der Waals surface area contributed by atoms with Gasteiger partial charge in [0.1, 0.15) is 0 Å². The first-order chi connectivity index (χ1) is 8.88. The molecule has 2 rings (SSSR count). The predicted molar refractivity (Wildman–Crippen MR) is 79.0 cm³/mol. The lowest BCUT2D eigenvalue weighted by atomic mass is 10.1. The van der Waals surface area contributed by atoms with Gasteiger partial charge in [0, 0.05) is 6.54 Å². The van der Waals surface area contributed by atoms with Crippen LogP contribution in [0.25, 0.3) is 0 Å². The van der Waals surface area contributed by atoms with Crippen molar-refractivity contribution in [2.24, 2.45) is 9.98 Å². The van der Waals surface area contributed by atoms with Gasteiger partial charge in [-0.25, -0.2) is 4.99 Å². The Hall–Kier alpha value is -1.96.